The number of piperidine rings is 1. The van der Waals surface area contributed by atoms with Crippen LogP contribution < -0.4 is 5.32 Å². The fraction of sp³-hybridized carbons (Fsp3) is 0.750. The smallest absolute Gasteiger partial charge is 0.143 e. The fourth-order valence-corrected chi connectivity index (χ4v) is 2.78. The lowest BCUT2D eigenvalue weighted by molar-refractivity contribution is 0.230. The van der Waals surface area contributed by atoms with Crippen LogP contribution in [-0.4, -0.2) is 36.7 Å². The Kier molecular flexibility index (Phi) is 2.69. The highest BCUT2D eigenvalue weighted by molar-refractivity contribution is 5.28. The van der Waals surface area contributed by atoms with Gasteiger partial charge in [0.15, 0.2) is 0 Å². The maximum atomic E-state index is 5.58. The maximum Gasteiger partial charge on any atom is 0.143 e. The van der Waals surface area contributed by atoms with Gasteiger partial charge in [0.1, 0.15) is 11.5 Å². The summed E-state index contributed by atoms with van der Waals surface area (Å²) in [7, 11) is 2.19. The third-order valence-corrected chi connectivity index (χ3v) is 3.83. The predicted octanol–water partition coefficient (Wildman–Crippen LogP) is 1.13. The highest BCUT2D eigenvalue weighted by atomic mass is 16.5. The standard InChI is InChI=1S/C12H19N3O/c1-15-6-3-9(4-7-15)12-10-2-5-13-8-11(10)14-16-12/h9,13H,2-8H2,1H3. The number of likely N-dealkylation sites (tertiary alicyclic amines) is 1. The maximum absolute atomic E-state index is 5.58. The number of hydrogen-bond acceptors (Lipinski definition) is 4. The van der Waals surface area contributed by atoms with Crippen molar-refractivity contribution in [1.29, 1.82) is 0 Å². The molecule has 4 heteroatoms. The molecule has 0 bridgehead atoms. The zero-order chi connectivity index (χ0) is 11.0. The van der Waals surface area contributed by atoms with Gasteiger partial charge in [0.05, 0.1) is 0 Å². The van der Waals surface area contributed by atoms with E-state index in [4.69, 9.17) is 4.52 Å². The zero-order valence-electron chi connectivity index (χ0n) is 9.83. The van der Waals surface area contributed by atoms with Crippen molar-refractivity contribution in [2.24, 2.45) is 0 Å². The van der Waals surface area contributed by atoms with E-state index in [9.17, 15) is 0 Å². The van der Waals surface area contributed by atoms with Gasteiger partial charge in [-0.1, -0.05) is 5.16 Å². The van der Waals surface area contributed by atoms with Crippen molar-refractivity contribution in [2.75, 3.05) is 26.7 Å². The van der Waals surface area contributed by atoms with E-state index in [1.807, 2.05) is 0 Å². The summed E-state index contributed by atoms with van der Waals surface area (Å²) in [6.07, 6.45) is 3.51. The van der Waals surface area contributed by atoms with E-state index in [1.54, 1.807) is 0 Å². The van der Waals surface area contributed by atoms with Crippen molar-refractivity contribution in [2.45, 2.75) is 31.7 Å². The molecule has 0 saturated carbocycles. The first-order chi connectivity index (χ1) is 7.84. The Hall–Kier alpha value is -0.870. The topological polar surface area (TPSA) is 41.3 Å². The fourth-order valence-electron chi connectivity index (χ4n) is 2.78. The highest BCUT2D eigenvalue weighted by Crippen LogP contribution is 2.32. The first-order valence-corrected chi connectivity index (χ1v) is 6.21. The van der Waals surface area contributed by atoms with Gasteiger partial charge in [-0.3, -0.25) is 0 Å². The molecule has 0 spiro atoms. The Morgan fingerprint density at radius 1 is 1.38 bits per heavy atom. The normalized spacial score (nSPS) is 23.3. The largest absolute Gasteiger partial charge is 0.360 e. The number of fused-ring (bicyclic) bond motifs is 1. The third-order valence-electron chi connectivity index (χ3n) is 3.83. The van der Waals surface area contributed by atoms with Crippen LogP contribution >= 0.6 is 0 Å². The summed E-state index contributed by atoms with van der Waals surface area (Å²) in [5.74, 6) is 1.79. The molecule has 1 aromatic heterocycles. The molecule has 0 aliphatic carbocycles. The average Bonchev–Trinajstić information content (AvgIpc) is 2.74. The van der Waals surface area contributed by atoms with Crippen molar-refractivity contribution in [1.82, 2.24) is 15.4 Å². The Bertz CT molecular complexity index is 366. The summed E-state index contributed by atoms with van der Waals surface area (Å²) in [5.41, 5.74) is 2.54. The molecule has 3 heterocycles. The van der Waals surface area contributed by atoms with E-state index in [-0.39, 0.29) is 0 Å². The molecule has 1 fully saturated rings. The van der Waals surface area contributed by atoms with Gasteiger partial charge in [-0.2, -0.15) is 0 Å². The Balaban J connectivity index is 1.81. The summed E-state index contributed by atoms with van der Waals surface area (Å²) >= 11 is 0. The second-order valence-electron chi connectivity index (χ2n) is 4.98. The first-order valence-electron chi connectivity index (χ1n) is 6.21. The Morgan fingerprint density at radius 2 is 2.19 bits per heavy atom. The molecule has 0 radical (unpaired) electrons. The van der Waals surface area contributed by atoms with Crippen molar-refractivity contribution in [3.05, 3.63) is 17.0 Å². The minimum absolute atomic E-state index is 0.602. The molecular weight excluding hydrogens is 202 g/mol. The van der Waals surface area contributed by atoms with Gasteiger partial charge in [0, 0.05) is 18.0 Å². The second kappa shape index (κ2) is 4.18. The van der Waals surface area contributed by atoms with Crippen LogP contribution in [0.15, 0.2) is 4.52 Å². The highest BCUT2D eigenvalue weighted by Gasteiger charge is 2.27. The summed E-state index contributed by atoms with van der Waals surface area (Å²) in [5, 5.41) is 7.53. The van der Waals surface area contributed by atoms with E-state index < -0.39 is 0 Å². The van der Waals surface area contributed by atoms with Crippen LogP contribution in [0.4, 0.5) is 0 Å². The van der Waals surface area contributed by atoms with Gasteiger partial charge in [-0.05, 0) is 45.9 Å². The average molecular weight is 221 g/mol. The Labute approximate surface area is 96.0 Å². The van der Waals surface area contributed by atoms with Gasteiger partial charge in [0.25, 0.3) is 0 Å². The molecule has 2 aliphatic heterocycles. The van der Waals surface area contributed by atoms with Crippen LogP contribution in [0.1, 0.15) is 35.8 Å². The van der Waals surface area contributed by atoms with Crippen LogP contribution in [0.25, 0.3) is 0 Å². The minimum Gasteiger partial charge on any atom is -0.360 e. The van der Waals surface area contributed by atoms with Crippen LogP contribution in [-0.2, 0) is 13.0 Å². The quantitative estimate of drug-likeness (QED) is 0.772. The minimum atomic E-state index is 0.602. The van der Waals surface area contributed by atoms with Crippen LogP contribution in [0.2, 0.25) is 0 Å². The van der Waals surface area contributed by atoms with Gasteiger partial charge in [-0.25, -0.2) is 0 Å². The lowest BCUT2D eigenvalue weighted by Crippen LogP contribution is -2.30. The molecule has 88 valence electrons. The van der Waals surface area contributed by atoms with Crippen LogP contribution in [0, 0.1) is 0 Å². The number of hydrogen-bond donors (Lipinski definition) is 1. The van der Waals surface area contributed by atoms with E-state index in [0.717, 1.165) is 25.2 Å². The zero-order valence-corrected chi connectivity index (χ0v) is 9.83. The number of nitrogens with one attached hydrogen (secondary N) is 1. The summed E-state index contributed by atoms with van der Waals surface area (Å²) in [6, 6.07) is 0. The third kappa shape index (κ3) is 1.76. The van der Waals surface area contributed by atoms with E-state index in [1.165, 1.54) is 37.3 Å². The van der Waals surface area contributed by atoms with Crippen molar-refractivity contribution in [3.63, 3.8) is 0 Å². The molecule has 1 aromatic rings. The molecule has 0 unspecified atom stereocenters. The van der Waals surface area contributed by atoms with Gasteiger partial charge < -0.3 is 14.7 Å². The van der Waals surface area contributed by atoms with Gasteiger partial charge in [0.2, 0.25) is 0 Å². The lowest BCUT2D eigenvalue weighted by Gasteiger charge is -2.28. The summed E-state index contributed by atoms with van der Waals surface area (Å²) in [4.78, 5) is 2.39. The first kappa shape index (κ1) is 10.3. The number of aromatic nitrogens is 1. The number of rotatable bonds is 1. The van der Waals surface area contributed by atoms with E-state index in [2.05, 4.69) is 22.4 Å². The van der Waals surface area contributed by atoms with E-state index in [0.29, 0.717) is 5.92 Å². The van der Waals surface area contributed by atoms with Crippen molar-refractivity contribution >= 4 is 0 Å². The van der Waals surface area contributed by atoms with Crippen LogP contribution in [0.5, 0.6) is 0 Å². The van der Waals surface area contributed by atoms with Gasteiger partial charge >= 0.3 is 0 Å². The lowest BCUT2D eigenvalue weighted by atomic mass is 9.90. The van der Waals surface area contributed by atoms with Gasteiger partial charge in [-0.15, -0.1) is 0 Å². The monoisotopic (exact) mass is 221 g/mol. The number of nitrogens with zero attached hydrogens (tertiary/aromatic N) is 2. The Morgan fingerprint density at radius 3 is 3.00 bits per heavy atom. The predicted molar refractivity (Wildman–Crippen MR) is 61.4 cm³/mol. The van der Waals surface area contributed by atoms with Crippen molar-refractivity contribution < 1.29 is 4.52 Å². The second-order valence-corrected chi connectivity index (χ2v) is 4.98. The molecule has 0 amide bonds. The molecule has 0 aromatic carbocycles. The van der Waals surface area contributed by atoms with Crippen molar-refractivity contribution in [3.8, 4) is 0 Å². The molecular formula is C12H19N3O. The summed E-state index contributed by atoms with van der Waals surface area (Å²) < 4.78 is 5.58. The van der Waals surface area contributed by atoms with E-state index >= 15 is 0 Å². The SMILES string of the molecule is CN1CCC(c2onc3c2CCNC3)CC1. The molecule has 1 saturated heterocycles. The van der Waals surface area contributed by atoms with Crippen LogP contribution in [0.3, 0.4) is 0 Å². The molecule has 0 atom stereocenters. The molecule has 2 aliphatic rings. The molecule has 1 N–H and O–H groups in total. The molecule has 4 nitrogen and oxygen atoms in total. The summed E-state index contributed by atoms with van der Waals surface area (Å²) in [6.45, 7) is 4.30. The molecule has 3 rings (SSSR count). The molecule has 16 heavy (non-hydrogen) atoms.